The van der Waals surface area contributed by atoms with Gasteiger partial charge in [-0.1, -0.05) is 30.3 Å². The molecule has 0 fully saturated rings. The number of aryl methyl sites for hydroxylation is 1. The molecular formula is C19H24N2O2. The van der Waals surface area contributed by atoms with Gasteiger partial charge in [0.15, 0.2) is 6.10 Å². The summed E-state index contributed by atoms with van der Waals surface area (Å²) in [6.45, 7) is 5.08. The van der Waals surface area contributed by atoms with Crippen LogP contribution in [0.2, 0.25) is 0 Å². The first kappa shape index (κ1) is 16.9. The number of hydrogen-bond acceptors (Lipinski definition) is 3. The first-order chi connectivity index (χ1) is 11.1. The van der Waals surface area contributed by atoms with Gasteiger partial charge >= 0.3 is 0 Å². The molecule has 4 heteroatoms. The Balaban J connectivity index is 1.76. The Hall–Kier alpha value is -2.49. The van der Waals surface area contributed by atoms with Crippen molar-refractivity contribution in [2.24, 2.45) is 0 Å². The Morgan fingerprint density at radius 2 is 1.91 bits per heavy atom. The van der Waals surface area contributed by atoms with Crippen LogP contribution in [-0.2, 0) is 4.79 Å². The molecule has 0 spiro atoms. The van der Waals surface area contributed by atoms with Gasteiger partial charge in [-0.2, -0.15) is 0 Å². The van der Waals surface area contributed by atoms with Crippen molar-refractivity contribution in [2.45, 2.75) is 20.0 Å². The Kier molecular flexibility index (Phi) is 6.03. The molecule has 0 saturated heterocycles. The standard InChI is InChI=1S/C19H24N2O2/c1-15-8-7-11-18(14-15)23-16(2)19(22)20-12-13-21(3)17-9-5-4-6-10-17/h4-11,14,16H,12-13H2,1-3H3,(H,20,22)/t16-/m1/s1. The van der Waals surface area contributed by atoms with Gasteiger partial charge in [-0.05, 0) is 43.7 Å². The fourth-order valence-corrected chi connectivity index (χ4v) is 2.25. The highest BCUT2D eigenvalue weighted by Gasteiger charge is 2.14. The number of carbonyl (C=O) groups is 1. The summed E-state index contributed by atoms with van der Waals surface area (Å²) >= 11 is 0. The number of carbonyl (C=O) groups excluding carboxylic acids is 1. The number of nitrogens with zero attached hydrogens (tertiary/aromatic N) is 1. The second-order valence-corrected chi connectivity index (χ2v) is 5.62. The highest BCUT2D eigenvalue weighted by molar-refractivity contribution is 5.80. The van der Waals surface area contributed by atoms with Crippen LogP contribution in [0.1, 0.15) is 12.5 Å². The molecule has 2 aromatic carbocycles. The first-order valence-electron chi connectivity index (χ1n) is 7.83. The lowest BCUT2D eigenvalue weighted by Gasteiger charge is -2.20. The monoisotopic (exact) mass is 312 g/mol. The van der Waals surface area contributed by atoms with Gasteiger partial charge in [-0.3, -0.25) is 4.79 Å². The minimum Gasteiger partial charge on any atom is -0.481 e. The smallest absolute Gasteiger partial charge is 0.260 e. The molecular weight excluding hydrogens is 288 g/mol. The molecule has 2 rings (SSSR count). The molecule has 4 nitrogen and oxygen atoms in total. The first-order valence-corrected chi connectivity index (χ1v) is 7.83. The van der Waals surface area contributed by atoms with E-state index < -0.39 is 6.10 Å². The van der Waals surface area contributed by atoms with Gasteiger partial charge in [0, 0.05) is 25.8 Å². The number of anilines is 1. The van der Waals surface area contributed by atoms with Gasteiger partial charge in [0.05, 0.1) is 0 Å². The number of likely N-dealkylation sites (N-methyl/N-ethyl adjacent to an activating group) is 1. The normalized spacial score (nSPS) is 11.6. The summed E-state index contributed by atoms with van der Waals surface area (Å²) in [7, 11) is 2.01. The van der Waals surface area contributed by atoms with E-state index in [0.29, 0.717) is 12.3 Å². The van der Waals surface area contributed by atoms with Gasteiger partial charge in [-0.15, -0.1) is 0 Å². The van der Waals surface area contributed by atoms with Crippen LogP contribution < -0.4 is 15.0 Å². The van der Waals surface area contributed by atoms with Gasteiger partial charge in [0.1, 0.15) is 5.75 Å². The summed E-state index contributed by atoms with van der Waals surface area (Å²) < 4.78 is 5.67. The van der Waals surface area contributed by atoms with Crippen LogP contribution in [0, 0.1) is 6.92 Å². The maximum absolute atomic E-state index is 12.1. The van der Waals surface area contributed by atoms with E-state index >= 15 is 0 Å². The van der Waals surface area contributed by atoms with Crippen molar-refractivity contribution in [3.63, 3.8) is 0 Å². The van der Waals surface area contributed by atoms with Gasteiger partial charge in [0.25, 0.3) is 5.91 Å². The Bertz CT molecular complexity index is 628. The second-order valence-electron chi connectivity index (χ2n) is 5.62. The van der Waals surface area contributed by atoms with Gasteiger partial charge in [0.2, 0.25) is 0 Å². The maximum atomic E-state index is 12.1. The van der Waals surface area contributed by atoms with Crippen molar-refractivity contribution in [3.05, 3.63) is 60.2 Å². The van der Waals surface area contributed by atoms with Crippen molar-refractivity contribution < 1.29 is 9.53 Å². The lowest BCUT2D eigenvalue weighted by atomic mass is 10.2. The molecule has 0 aromatic heterocycles. The molecule has 2 aromatic rings. The highest BCUT2D eigenvalue weighted by Crippen LogP contribution is 2.14. The fourth-order valence-electron chi connectivity index (χ4n) is 2.25. The summed E-state index contributed by atoms with van der Waals surface area (Å²) in [6.07, 6.45) is -0.515. The predicted molar refractivity (Wildman–Crippen MR) is 94.0 cm³/mol. The third-order valence-corrected chi connectivity index (χ3v) is 3.62. The molecule has 1 atom stereocenters. The minimum atomic E-state index is -0.515. The van der Waals surface area contributed by atoms with Crippen molar-refractivity contribution >= 4 is 11.6 Å². The van der Waals surface area contributed by atoms with Crippen LogP contribution in [0.4, 0.5) is 5.69 Å². The van der Waals surface area contributed by atoms with E-state index in [-0.39, 0.29) is 5.91 Å². The van der Waals surface area contributed by atoms with Crippen LogP contribution in [0.15, 0.2) is 54.6 Å². The molecule has 1 N–H and O–H groups in total. The number of nitrogens with one attached hydrogen (secondary N) is 1. The molecule has 0 aliphatic heterocycles. The quantitative estimate of drug-likeness (QED) is 0.854. The number of rotatable bonds is 7. The van der Waals surface area contributed by atoms with E-state index in [1.54, 1.807) is 6.92 Å². The zero-order valence-electron chi connectivity index (χ0n) is 14.0. The van der Waals surface area contributed by atoms with E-state index in [1.807, 2.05) is 68.6 Å². The molecule has 0 radical (unpaired) electrons. The molecule has 122 valence electrons. The molecule has 0 aliphatic rings. The van der Waals surface area contributed by atoms with Crippen molar-refractivity contribution in [1.29, 1.82) is 0 Å². The van der Waals surface area contributed by atoms with E-state index in [2.05, 4.69) is 10.2 Å². The van der Waals surface area contributed by atoms with Crippen LogP contribution in [0.25, 0.3) is 0 Å². The number of para-hydroxylation sites is 1. The third kappa shape index (κ3) is 5.33. The molecule has 1 amide bonds. The summed E-state index contributed by atoms with van der Waals surface area (Å²) in [6, 6.07) is 17.8. The molecule has 0 aliphatic carbocycles. The second kappa shape index (κ2) is 8.22. The minimum absolute atomic E-state index is 0.104. The number of hydrogen-bond donors (Lipinski definition) is 1. The topological polar surface area (TPSA) is 41.6 Å². The molecule has 23 heavy (non-hydrogen) atoms. The largest absolute Gasteiger partial charge is 0.481 e. The lowest BCUT2D eigenvalue weighted by molar-refractivity contribution is -0.127. The van der Waals surface area contributed by atoms with Crippen molar-refractivity contribution in [3.8, 4) is 5.75 Å². The molecule has 0 heterocycles. The van der Waals surface area contributed by atoms with E-state index in [9.17, 15) is 4.79 Å². The van der Waals surface area contributed by atoms with Crippen molar-refractivity contribution in [2.75, 3.05) is 25.0 Å². The van der Waals surface area contributed by atoms with Crippen LogP contribution >= 0.6 is 0 Å². The highest BCUT2D eigenvalue weighted by atomic mass is 16.5. The Morgan fingerprint density at radius 3 is 2.61 bits per heavy atom. The number of benzene rings is 2. The zero-order valence-corrected chi connectivity index (χ0v) is 14.0. The van der Waals surface area contributed by atoms with Crippen LogP contribution in [0.3, 0.4) is 0 Å². The maximum Gasteiger partial charge on any atom is 0.260 e. The zero-order chi connectivity index (χ0) is 16.7. The third-order valence-electron chi connectivity index (χ3n) is 3.62. The SMILES string of the molecule is Cc1cccc(O[C@H](C)C(=O)NCCN(C)c2ccccc2)c1. The van der Waals surface area contributed by atoms with E-state index in [4.69, 9.17) is 4.74 Å². The Labute approximate surface area is 138 Å². The van der Waals surface area contributed by atoms with Crippen LogP contribution in [0.5, 0.6) is 5.75 Å². The molecule has 0 unspecified atom stereocenters. The predicted octanol–water partition coefficient (Wildman–Crippen LogP) is 3.01. The summed E-state index contributed by atoms with van der Waals surface area (Å²) in [5.41, 5.74) is 2.24. The Morgan fingerprint density at radius 1 is 1.17 bits per heavy atom. The fraction of sp³-hybridized carbons (Fsp3) is 0.316. The van der Waals surface area contributed by atoms with Gasteiger partial charge in [-0.25, -0.2) is 0 Å². The summed E-state index contributed by atoms with van der Waals surface area (Å²) in [5, 5.41) is 2.91. The number of ether oxygens (including phenoxy) is 1. The lowest BCUT2D eigenvalue weighted by Crippen LogP contribution is -2.40. The molecule has 0 saturated carbocycles. The van der Waals surface area contributed by atoms with Crippen molar-refractivity contribution in [1.82, 2.24) is 5.32 Å². The van der Waals surface area contributed by atoms with Crippen LogP contribution in [-0.4, -0.2) is 32.1 Å². The van der Waals surface area contributed by atoms with E-state index in [1.165, 1.54) is 0 Å². The van der Waals surface area contributed by atoms with E-state index in [0.717, 1.165) is 17.8 Å². The summed E-state index contributed by atoms with van der Waals surface area (Å²) in [4.78, 5) is 14.2. The summed E-state index contributed by atoms with van der Waals surface area (Å²) in [5.74, 6) is 0.613. The number of amides is 1. The average molecular weight is 312 g/mol. The average Bonchev–Trinajstić information content (AvgIpc) is 2.55. The van der Waals surface area contributed by atoms with Gasteiger partial charge < -0.3 is 15.0 Å². The molecule has 0 bridgehead atoms.